The summed E-state index contributed by atoms with van der Waals surface area (Å²) in [6.45, 7) is 2.96. The zero-order valence-corrected chi connectivity index (χ0v) is 19.9. The molecule has 1 fully saturated rings. The van der Waals surface area contributed by atoms with Gasteiger partial charge in [-0.05, 0) is 66.8 Å². The van der Waals surface area contributed by atoms with E-state index in [0.717, 1.165) is 49.4 Å². The van der Waals surface area contributed by atoms with E-state index in [2.05, 4.69) is 34.9 Å². The maximum atomic E-state index is 12.1. The predicted molar refractivity (Wildman–Crippen MR) is 135 cm³/mol. The van der Waals surface area contributed by atoms with Crippen LogP contribution in [0.2, 0.25) is 0 Å². The third kappa shape index (κ3) is 7.69. The quantitative estimate of drug-likeness (QED) is 0.294. The number of piperidine rings is 1. The van der Waals surface area contributed by atoms with Crippen molar-refractivity contribution in [3.8, 4) is 11.5 Å². The van der Waals surface area contributed by atoms with Crippen LogP contribution in [-0.2, 0) is 22.7 Å². The third-order valence-electron chi connectivity index (χ3n) is 6.02. The highest BCUT2D eigenvalue weighted by molar-refractivity contribution is 6.00. The molecule has 35 heavy (non-hydrogen) atoms. The summed E-state index contributed by atoms with van der Waals surface area (Å²) in [6, 6.07) is 25.9. The number of carbonyl (C=O) groups is 2. The zero-order valence-electron chi connectivity index (χ0n) is 19.9. The molecular weight excluding hydrogens is 440 g/mol. The molecule has 3 aromatic carbocycles. The highest BCUT2D eigenvalue weighted by atomic mass is 16.5. The first-order valence-electron chi connectivity index (χ1n) is 12.2. The van der Waals surface area contributed by atoms with Gasteiger partial charge in [0.15, 0.2) is 0 Å². The SMILES string of the molecule is O=C1CCC(c2cccc(OCc3ccc(CNCCCCOc4ccccc4)cc3)c2)C(=O)N1. The van der Waals surface area contributed by atoms with E-state index >= 15 is 0 Å². The first-order chi connectivity index (χ1) is 17.2. The lowest BCUT2D eigenvalue weighted by Crippen LogP contribution is -2.39. The zero-order chi connectivity index (χ0) is 24.3. The number of nitrogens with one attached hydrogen (secondary N) is 2. The number of amides is 2. The van der Waals surface area contributed by atoms with E-state index < -0.39 is 0 Å². The van der Waals surface area contributed by atoms with Gasteiger partial charge in [-0.2, -0.15) is 0 Å². The standard InChI is InChI=1S/C29H32N2O4/c32-28-16-15-27(29(33)31-28)24-7-6-10-26(19-24)35-21-23-13-11-22(12-14-23)20-30-17-4-5-18-34-25-8-2-1-3-9-25/h1-3,6-14,19,27,30H,4-5,15-18,20-21H2,(H,31,32,33). The Kier molecular flexibility index (Phi) is 8.90. The number of carbonyl (C=O) groups excluding carboxylic acids is 2. The molecule has 1 aliphatic heterocycles. The summed E-state index contributed by atoms with van der Waals surface area (Å²) in [5.74, 6) is 0.897. The van der Waals surface area contributed by atoms with Gasteiger partial charge in [-0.3, -0.25) is 14.9 Å². The molecule has 2 amide bonds. The molecule has 1 saturated heterocycles. The summed E-state index contributed by atoms with van der Waals surface area (Å²) in [5, 5.41) is 5.90. The summed E-state index contributed by atoms with van der Waals surface area (Å²) >= 11 is 0. The van der Waals surface area contributed by atoms with Crippen molar-refractivity contribution in [1.82, 2.24) is 10.6 Å². The van der Waals surface area contributed by atoms with Crippen molar-refractivity contribution < 1.29 is 19.1 Å². The Morgan fingerprint density at radius 3 is 2.40 bits per heavy atom. The van der Waals surface area contributed by atoms with Gasteiger partial charge in [0.05, 0.1) is 12.5 Å². The van der Waals surface area contributed by atoms with E-state index in [1.165, 1.54) is 5.56 Å². The lowest BCUT2D eigenvalue weighted by atomic mass is 9.90. The molecule has 3 aromatic rings. The maximum Gasteiger partial charge on any atom is 0.234 e. The Bertz CT molecular complexity index is 1100. The lowest BCUT2D eigenvalue weighted by Gasteiger charge is -2.21. The molecule has 0 radical (unpaired) electrons. The van der Waals surface area contributed by atoms with E-state index in [1.54, 1.807) is 0 Å². The molecule has 1 aliphatic rings. The van der Waals surface area contributed by atoms with Crippen molar-refractivity contribution in [2.75, 3.05) is 13.2 Å². The molecule has 0 spiro atoms. The maximum absolute atomic E-state index is 12.1. The summed E-state index contributed by atoms with van der Waals surface area (Å²) in [7, 11) is 0. The van der Waals surface area contributed by atoms with E-state index in [4.69, 9.17) is 9.47 Å². The molecule has 0 saturated carbocycles. The Morgan fingerprint density at radius 2 is 1.60 bits per heavy atom. The van der Waals surface area contributed by atoms with Crippen LogP contribution in [0.4, 0.5) is 0 Å². The average Bonchev–Trinajstić information content (AvgIpc) is 2.88. The fourth-order valence-corrected chi connectivity index (χ4v) is 4.04. The van der Waals surface area contributed by atoms with E-state index in [0.29, 0.717) is 25.2 Å². The second kappa shape index (κ2) is 12.7. The molecule has 1 heterocycles. The van der Waals surface area contributed by atoms with Crippen molar-refractivity contribution in [2.24, 2.45) is 0 Å². The third-order valence-corrected chi connectivity index (χ3v) is 6.02. The molecular formula is C29H32N2O4. The molecule has 0 aromatic heterocycles. The number of unbranched alkanes of at least 4 members (excludes halogenated alkanes) is 1. The molecule has 6 heteroatoms. The number of hydrogen-bond acceptors (Lipinski definition) is 5. The van der Waals surface area contributed by atoms with E-state index in [-0.39, 0.29) is 17.7 Å². The van der Waals surface area contributed by atoms with Crippen molar-refractivity contribution in [1.29, 1.82) is 0 Å². The van der Waals surface area contributed by atoms with Crippen LogP contribution in [0.25, 0.3) is 0 Å². The topological polar surface area (TPSA) is 76.7 Å². The number of hydrogen-bond donors (Lipinski definition) is 2. The van der Waals surface area contributed by atoms with Gasteiger partial charge in [0, 0.05) is 13.0 Å². The van der Waals surface area contributed by atoms with Gasteiger partial charge in [0.25, 0.3) is 0 Å². The minimum absolute atomic E-state index is 0.203. The van der Waals surface area contributed by atoms with Crippen LogP contribution in [0.3, 0.4) is 0 Å². The Labute approximate surface area is 206 Å². The van der Waals surface area contributed by atoms with Gasteiger partial charge in [0.2, 0.25) is 11.8 Å². The normalized spacial score (nSPS) is 15.5. The number of benzene rings is 3. The molecule has 4 rings (SSSR count). The fraction of sp³-hybridized carbons (Fsp3) is 0.310. The van der Waals surface area contributed by atoms with Crippen molar-refractivity contribution in [2.45, 2.75) is 44.8 Å². The molecule has 1 atom stereocenters. The van der Waals surface area contributed by atoms with Crippen LogP contribution in [0.1, 0.15) is 48.3 Å². The second-order valence-electron chi connectivity index (χ2n) is 8.73. The molecule has 0 aliphatic carbocycles. The van der Waals surface area contributed by atoms with Gasteiger partial charge in [0.1, 0.15) is 18.1 Å². The molecule has 6 nitrogen and oxygen atoms in total. The average molecular weight is 473 g/mol. The largest absolute Gasteiger partial charge is 0.494 e. The fourth-order valence-electron chi connectivity index (χ4n) is 4.04. The van der Waals surface area contributed by atoms with Crippen LogP contribution in [0.15, 0.2) is 78.9 Å². The van der Waals surface area contributed by atoms with Gasteiger partial charge in [-0.1, -0.05) is 54.6 Å². The summed E-state index contributed by atoms with van der Waals surface area (Å²) < 4.78 is 11.7. The summed E-state index contributed by atoms with van der Waals surface area (Å²) in [5.41, 5.74) is 3.19. The van der Waals surface area contributed by atoms with Crippen LogP contribution in [0.5, 0.6) is 11.5 Å². The summed E-state index contributed by atoms with van der Waals surface area (Å²) in [4.78, 5) is 23.5. The van der Waals surface area contributed by atoms with E-state index in [9.17, 15) is 9.59 Å². The van der Waals surface area contributed by atoms with Crippen LogP contribution < -0.4 is 20.1 Å². The van der Waals surface area contributed by atoms with E-state index in [1.807, 2.05) is 54.6 Å². The molecule has 1 unspecified atom stereocenters. The predicted octanol–water partition coefficient (Wildman–Crippen LogP) is 4.73. The molecule has 182 valence electrons. The van der Waals surface area contributed by atoms with Gasteiger partial charge < -0.3 is 14.8 Å². The minimum Gasteiger partial charge on any atom is -0.494 e. The first-order valence-corrected chi connectivity index (χ1v) is 12.2. The van der Waals surface area contributed by atoms with Gasteiger partial charge in [-0.25, -0.2) is 0 Å². The highest BCUT2D eigenvalue weighted by Gasteiger charge is 2.28. The lowest BCUT2D eigenvalue weighted by molar-refractivity contribution is -0.134. The number of ether oxygens (including phenoxy) is 2. The van der Waals surface area contributed by atoms with Crippen molar-refractivity contribution in [3.63, 3.8) is 0 Å². The smallest absolute Gasteiger partial charge is 0.234 e. The van der Waals surface area contributed by atoms with Crippen LogP contribution in [0, 0.1) is 0 Å². The number of para-hydroxylation sites is 1. The number of imide groups is 1. The van der Waals surface area contributed by atoms with Crippen LogP contribution in [-0.4, -0.2) is 25.0 Å². The summed E-state index contributed by atoms with van der Waals surface area (Å²) in [6.07, 6.45) is 2.98. The Balaban J connectivity index is 1.15. The van der Waals surface area contributed by atoms with Gasteiger partial charge >= 0.3 is 0 Å². The Morgan fingerprint density at radius 1 is 0.829 bits per heavy atom. The number of rotatable bonds is 12. The van der Waals surface area contributed by atoms with Crippen molar-refractivity contribution >= 4 is 11.8 Å². The Hall–Kier alpha value is -3.64. The minimum atomic E-state index is -0.306. The van der Waals surface area contributed by atoms with Crippen molar-refractivity contribution in [3.05, 3.63) is 95.6 Å². The molecule has 0 bridgehead atoms. The monoisotopic (exact) mass is 472 g/mol. The van der Waals surface area contributed by atoms with Crippen LogP contribution >= 0.6 is 0 Å². The molecule has 2 N–H and O–H groups in total. The van der Waals surface area contributed by atoms with Gasteiger partial charge in [-0.15, -0.1) is 0 Å². The second-order valence-corrected chi connectivity index (χ2v) is 8.73. The first kappa shape index (κ1) is 24.5. The highest BCUT2D eigenvalue weighted by Crippen LogP contribution is 2.27.